The van der Waals surface area contributed by atoms with Crippen LogP contribution in [0, 0.1) is 12.3 Å². The highest BCUT2D eigenvalue weighted by atomic mass is 16.5. The molecule has 1 N–H and O–H groups in total. The van der Waals surface area contributed by atoms with Crippen molar-refractivity contribution in [3.05, 3.63) is 120 Å². The van der Waals surface area contributed by atoms with E-state index in [4.69, 9.17) is 26.1 Å². The molecule has 1 heterocycles. The summed E-state index contributed by atoms with van der Waals surface area (Å²) in [5, 5.41) is 11.4. The second kappa shape index (κ2) is 9.83. The molecule has 0 fully saturated rings. The number of nitrogens with zero attached hydrogens (tertiary/aromatic N) is 3. The van der Waals surface area contributed by atoms with Crippen molar-refractivity contribution >= 4 is 0 Å². The van der Waals surface area contributed by atoms with Crippen molar-refractivity contribution in [1.82, 2.24) is 15.0 Å². The van der Waals surface area contributed by atoms with Gasteiger partial charge in [0.25, 0.3) is 0 Å². The third-order valence-electron chi connectivity index (χ3n) is 5.98. The van der Waals surface area contributed by atoms with E-state index in [-0.39, 0.29) is 0 Å². The molecule has 5 heteroatoms. The lowest BCUT2D eigenvalue weighted by atomic mass is 9.86. The van der Waals surface area contributed by atoms with Crippen LogP contribution in [-0.4, -0.2) is 27.2 Å². The van der Waals surface area contributed by atoms with Crippen LogP contribution >= 0.6 is 0 Å². The second-order valence-electron chi connectivity index (χ2n) is 8.20. The van der Waals surface area contributed by atoms with Crippen molar-refractivity contribution in [1.29, 1.82) is 0 Å². The van der Waals surface area contributed by atoms with Crippen LogP contribution in [0.25, 0.3) is 34.2 Å². The number of aromatic nitrogens is 3. The van der Waals surface area contributed by atoms with Crippen LogP contribution in [0.15, 0.2) is 109 Å². The second-order valence-corrected chi connectivity index (χ2v) is 8.20. The largest absolute Gasteiger partial charge is 0.497 e. The Morgan fingerprint density at radius 2 is 1.00 bits per heavy atom. The minimum absolute atomic E-state index is 0.531. The number of ether oxygens (including phenoxy) is 1. The summed E-state index contributed by atoms with van der Waals surface area (Å²) in [6, 6.07) is 34.0. The molecule has 0 bridgehead atoms. The van der Waals surface area contributed by atoms with Crippen LogP contribution in [0.4, 0.5) is 0 Å². The number of terminal acetylenes is 1. The zero-order valence-corrected chi connectivity index (χ0v) is 19.7. The predicted molar refractivity (Wildman–Crippen MR) is 141 cm³/mol. The van der Waals surface area contributed by atoms with Crippen LogP contribution in [0.3, 0.4) is 0 Å². The number of benzene rings is 4. The van der Waals surface area contributed by atoms with Gasteiger partial charge in [-0.25, -0.2) is 15.0 Å². The predicted octanol–water partition coefficient (Wildman–Crippen LogP) is 5.75. The number of methoxy groups -OCH3 is 1. The molecular formula is C31H23N3O2. The summed E-state index contributed by atoms with van der Waals surface area (Å²) in [6.45, 7) is 0. The van der Waals surface area contributed by atoms with Gasteiger partial charge in [0, 0.05) is 27.8 Å². The van der Waals surface area contributed by atoms with Crippen LogP contribution < -0.4 is 4.74 Å². The Bertz CT molecular complexity index is 1450. The topological polar surface area (TPSA) is 68.1 Å². The van der Waals surface area contributed by atoms with E-state index in [2.05, 4.69) is 5.92 Å². The molecule has 5 aromatic rings. The molecule has 0 aliphatic heterocycles. The molecule has 1 aromatic heterocycles. The highest BCUT2D eigenvalue weighted by Gasteiger charge is 2.29. The Labute approximate surface area is 210 Å². The van der Waals surface area contributed by atoms with E-state index in [1.54, 1.807) is 43.5 Å². The van der Waals surface area contributed by atoms with Crippen molar-refractivity contribution in [2.75, 3.05) is 7.11 Å². The van der Waals surface area contributed by atoms with Gasteiger partial charge in [0.05, 0.1) is 7.11 Å². The SMILES string of the molecule is C#CC(O)(c1ccc(OC)cc1)c1ccc(-c2nc(-c3ccccc3)nc(-c3ccccc3)n2)cc1. The summed E-state index contributed by atoms with van der Waals surface area (Å²) in [5.74, 6) is 4.93. The third kappa shape index (κ3) is 4.46. The lowest BCUT2D eigenvalue weighted by molar-refractivity contribution is 0.145. The van der Waals surface area contributed by atoms with E-state index in [1.165, 1.54) is 0 Å². The molecule has 174 valence electrons. The van der Waals surface area contributed by atoms with E-state index < -0.39 is 5.60 Å². The molecule has 0 amide bonds. The van der Waals surface area contributed by atoms with E-state index >= 15 is 0 Å². The highest BCUT2D eigenvalue weighted by molar-refractivity contribution is 5.66. The van der Waals surface area contributed by atoms with E-state index in [0.717, 1.165) is 16.7 Å². The zero-order valence-electron chi connectivity index (χ0n) is 19.7. The minimum Gasteiger partial charge on any atom is -0.497 e. The normalized spacial score (nSPS) is 12.4. The lowest BCUT2D eigenvalue weighted by Crippen LogP contribution is -2.24. The van der Waals surface area contributed by atoms with Gasteiger partial charge in [0.1, 0.15) is 5.75 Å². The van der Waals surface area contributed by atoms with Crippen molar-refractivity contribution in [2.45, 2.75) is 5.60 Å². The van der Waals surface area contributed by atoms with E-state index in [0.29, 0.717) is 34.3 Å². The number of hydrogen-bond acceptors (Lipinski definition) is 5. The molecule has 4 aromatic carbocycles. The number of hydrogen-bond donors (Lipinski definition) is 1. The van der Waals surface area contributed by atoms with Gasteiger partial charge >= 0.3 is 0 Å². The summed E-state index contributed by atoms with van der Waals surface area (Å²) in [6.07, 6.45) is 5.80. The Morgan fingerprint density at radius 3 is 1.39 bits per heavy atom. The summed E-state index contributed by atoms with van der Waals surface area (Å²) < 4.78 is 5.22. The molecule has 0 radical (unpaired) electrons. The summed E-state index contributed by atoms with van der Waals surface area (Å²) in [4.78, 5) is 14.2. The first-order valence-electron chi connectivity index (χ1n) is 11.4. The van der Waals surface area contributed by atoms with Crippen LogP contribution in [0.1, 0.15) is 11.1 Å². The molecule has 0 spiro atoms. The molecule has 0 aliphatic rings. The third-order valence-corrected chi connectivity index (χ3v) is 5.98. The first kappa shape index (κ1) is 23.0. The van der Waals surface area contributed by atoms with Crippen molar-refractivity contribution < 1.29 is 9.84 Å². The smallest absolute Gasteiger partial charge is 0.176 e. The molecule has 5 rings (SSSR count). The Balaban J connectivity index is 1.56. The average Bonchev–Trinajstić information content (AvgIpc) is 2.97. The lowest BCUT2D eigenvalue weighted by Gasteiger charge is -2.23. The van der Waals surface area contributed by atoms with Crippen molar-refractivity contribution in [3.8, 4) is 52.3 Å². The van der Waals surface area contributed by atoms with Gasteiger partial charge in [0.2, 0.25) is 0 Å². The fraction of sp³-hybridized carbons (Fsp3) is 0.0645. The minimum atomic E-state index is -1.59. The molecular weight excluding hydrogens is 446 g/mol. The maximum absolute atomic E-state index is 11.4. The molecule has 0 saturated carbocycles. The highest BCUT2D eigenvalue weighted by Crippen LogP contribution is 2.32. The van der Waals surface area contributed by atoms with Gasteiger partial charge in [-0.05, 0) is 12.1 Å². The van der Waals surface area contributed by atoms with Gasteiger partial charge < -0.3 is 9.84 Å². The quantitative estimate of drug-likeness (QED) is 0.321. The van der Waals surface area contributed by atoms with Crippen molar-refractivity contribution in [3.63, 3.8) is 0 Å². The molecule has 5 nitrogen and oxygen atoms in total. The molecule has 0 aliphatic carbocycles. The summed E-state index contributed by atoms with van der Waals surface area (Å²) in [5.41, 5.74) is 2.14. The first-order chi connectivity index (χ1) is 17.6. The van der Waals surface area contributed by atoms with E-state index in [1.807, 2.05) is 72.8 Å². The summed E-state index contributed by atoms with van der Waals surface area (Å²) in [7, 11) is 1.59. The molecule has 0 saturated heterocycles. The van der Waals surface area contributed by atoms with Gasteiger partial charge in [-0.15, -0.1) is 6.42 Å². The van der Waals surface area contributed by atoms with Gasteiger partial charge in [-0.3, -0.25) is 0 Å². The molecule has 1 atom stereocenters. The zero-order chi connectivity index (χ0) is 25.0. The molecule has 36 heavy (non-hydrogen) atoms. The Kier molecular flexibility index (Phi) is 6.27. The van der Waals surface area contributed by atoms with Crippen LogP contribution in [0.5, 0.6) is 5.75 Å². The fourth-order valence-corrected chi connectivity index (χ4v) is 3.96. The Morgan fingerprint density at radius 1 is 0.611 bits per heavy atom. The summed E-state index contributed by atoms with van der Waals surface area (Å²) >= 11 is 0. The Hall–Kier alpha value is -4.79. The van der Waals surface area contributed by atoms with Crippen LogP contribution in [-0.2, 0) is 5.60 Å². The molecule has 1 unspecified atom stereocenters. The van der Waals surface area contributed by atoms with Crippen molar-refractivity contribution in [2.24, 2.45) is 0 Å². The van der Waals surface area contributed by atoms with Gasteiger partial charge in [-0.2, -0.15) is 0 Å². The van der Waals surface area contributed by atoms with Gasteiger partial charge in [-0.1, -0.05) is 103 Å². The fourth-order valence-electron chi connectivity index (χ4n) is 3.96. The standard InChI is InChI=1S/C31H23N3O2/c1-3-31(35,26-18-20-27(36-2)21-19-26)25-16-14-24(15-17-25)30-33-28(22-10-6-4-7-11-22)32-29(34-30)23-12-8-5-9-13-23/h1,4-21,35H,2H3. The maximum atomic E-state index is 11.4. The number of aliphatic hydroxyl groups is 1. The number of rotatable bonds is 6. The monoisotopic (exact) mass is 469 g/mol. The average molecular weight is 470 g/mol. The van der Waals surface area contributed by atoms with Gasteiger partial charge in [0.15, 0.2) is 23.1 Å². The van der Waals surface area contributed by atoms with E-state index in [9.17, 15) is 5.11 Å². The first-order valence-corrected chi connectivity index (χ1v) is 11.4. The van der Waals surface area contributed by atoms with Crippen LogP contribution in [0.2, 0.25) is 0 Å². The maximum Gasteiger partial charge on any atom is 0.176 e.